The summed E-state index contributed by atoms with van der Waals surface area (Å²) < 4.78 is 35.4. The summed E-state index contributed by atoms with van der Waals surface area (Å²) in [5, 5.41) is 2.70. The lowest BCUT2D eigenvalue weighted by atomic mass is 9.90. The molecule has 7 nitrogen and oxygen atoms in total. The van der Waals surface area contributed by atoms with Gasteiger partial charge in [-0.25, -0.2) is 17.5 Å². The molecule has 0 bridgehead atoms. The number of nitrogens with one attached hydrogen (secondary N) is 1. The molecule has 1 aromatic rings. The van der Waals surface area contributed by atoms with E-state index < -0.39 is 21.7 Å². The van der Waals surface area contributed by atoms with Crippen molar-refractivity contribution in [2.75, 3.05) is 31.8 Å². The summed E-state index contributed by atoms with van der Waals surface area (Å²) in [6.07, 6.45) is 2.22. The van der Waals surface area contributed by atoms with Crippen molar-refractivity contribution in [1.29, 1.82) is 0 Å². The van der Waals surface area contributed by atoms with Crippen molar-refractivity contribution in [2.24, 2.45) is 0 Å². The van der Waals surface area contributed by atoms with Crippen LogP contribution in [0.25, 0.3) is 0 Å². The molecular weight excluding hydrogens is 356 g/mol. The van der Waals surface area contributed by atoms with Gasteiger partial charge >= 0.3 is 6.09 Å². The molecule has 1 N–H and O–H groups in total. The first kappa shape index (κ1) is 20.5. The van der Waals surface area contributed by atoms with Gasteiger partial charge in [0.2, 0.25) is 10.0 Å². The lowest BCUT2D eigenvalue weighted by Gasteiger charge is -2.30. The lowest BCUT2D eigenvalue weighted by Crippen LogP contribution is -2.37. The fourth-order valence-electron chi connectivity index (χ4n) is 3.00. The molecule has 0 radical (unpaired) electrons. The Hall–Kier alpha value is -1.80. The maximum Gasteiger partial charge on any atom is 0.412 e. The fraction of sp³-hybridized carbons (Fsp3) is 0.611. The number of hydrogen-bond donors (Lipinski definition) is 1. The maximum atomic E-state index is 12.0. The Morgan fingerprint density at radius 3 is 2.35 bits per heavy atom. The normalized spacial score (nSPS) is 17.0. The number of sulfonamides is 1. The Balaban J connectivity index is 2.08. The molecule has 1 aliphatic rings. The third kappa shape index (κ3) is 5.60. The SMILES string of the molecule is COc1cc(C2CCN(S(C)(=O)=O)CC2)ccc1NC(=O)OC(C)(C)C. The smallest absolute Gasteiger partial charge is 0.412 e. The van der Waals surface area contributed by atoms with Crippen LogP contribution in [0.4, 0.5) is 10.5 Å². The van der Waals surface area contributed by atoms with Crippen molar-refractivity contribution in [2.45, 2.75) is 45.1 Å². The van der Waals surface area contributed by atoms with E-state index in [-0.39, 0.29) is 5.92 Å². The predicted octanol–water partition coefficient (Wildman–Crippen LogP) is 3.18. The van der Waals surface area contributed by atoms with Gasteiger partial charge in [-0.15, -0.1) is 0 Å². The van der Waals surface area contributed by atoms with E-state index in [1.54, 1.807) is 33.9 Å². The monoisotopic (exact) mass is 384 g/mol. The van der Waals surface area contributed by atoms with Gasteiger partial charge in [0, 0.05) is 13.1 Å². The van der Waals surface area contributed by atoms with E-state index in [1.807, 2.05) is 12.1 Å². The van der Waals surface area contributed by atoms with Crippen molar-refractivity contribution in [1.82, 2.24) is 4.31 Å². The minimum absolute atomic E-state index is 0.262. The molecule has 2 rings (SSSR count). The highest BCUT2D eigenvalue weighted by Crippen LogP contribution is 2.34. The highest BCUT2D eigenvalue weighted by atomic mass is 32.2. The van der Waals surface area contributed by atoms with Crippen molar-refractivity contribution in [3.8, 4) is 5.75 Å². The number of hydrogen-bond acceptors (Lipinski definition) is 5. The number of carbonyl (C=O) groups is 1. The molecule has 0 atom stereocenters. The van der Waals surface area contributed by atoms with E-state index in [1.165, 1.54) is 10.6 Å². The van der Waals surface area contributed by atoms with Crippen LogP contribution in [-0.4, -0.2) is 50.9 Å². The van der Waals surface area contributed by atoms with Crippen LogP contribution in [0.5, 0.6) is 5.75 Å². The second-order valence-corrected chi connectivity index (χ2v) is 9.51. The highest BCUT2D eigenvalue weighted by Gasteiger charge is 2.26. The molecule has 1 amide bonds. The van der Waals surface area contributed by atoms with Gasteiger partial charge in [-0.1, -0.05) is 6.07 Å². The largest absolute Gasteiger partial charge is 0.495 e. The summed E-state index contributed by atoms with van der Waals surface area (Å²) in [5.41, 5.74) is 1.04. The molecular formula is C18H28N2O5S. The van der Waals surface area contributed by atoms with E-state index in [4.69, 9.17) is 9.47 Å². The zero-order valence-corrected chi connectivity index (χ0v) is 16.9. The van der Waals surface area contributed by atoms with Crippen LogP contribution in [0.2, 0.25) is 0 Å². The van der Waals surface area contributed by atoms with Gasteiger partial charge in [-0.3, -0.25) is 5.32 Å². The Kier molecular flexibility index (Phi) is 6.18. The van der Waals surface area contributed by atoms with Gasteiger partial charge in [0.15, 0.2) is 0 Å². The minimum Gasteiger partial charge on any atom is -0.495 e. The van der Waals surface area contributed by atoms with Gasteiger partial charge in [-0.2, -0.15) is 0 Å². The molecule has 26 heavy (non-hydrogen) atoms. The van der Waals surface area contributed by atoms with Gasteiger partial charge in [0.25, 0.3) is 0 Å². The fourth-order valence-corrected chi connectivity index (χ4v) is 3.87. The van der Waals surface area contributed by atoms with E-state index >= 15 is 0 Å². The number of carbonyl (C=O) groups excluding carboxylic acids is 1. The third-order valence-corrected chi connectivity index (χ3v) is 5.56. The maximum absolute atomic E-state index is 12.0. The minimum atomic E-state index is -3.13. The Labute approximate surface area is 155 Å². The van der Waals surface area contributed by atoms with Crippen LogP contribution in [0.3, 0.4) is 0 Å². The van der Waals surface area contributed by atoms with E-state index in [0.717, 1.165) is 18.4 Å². The molecule has 0 saturated carbocycles. The van der Waals surface area contributed by atoms with Crippen LogP contribution >= 0.6 is 0 Å². The number of ether oxygens (including phenoxy) is 2. The summed E-state index contributed by atoms with van der Waals surface area (Å²) in [5.74, 6) is 0.816. The van der Waals surface area contributed by atoms with E-state index in [9.17, 15) is 13.2 Å². The summed E-state index contributed by atoms with van der Waals surface area (Å²) in [6, 6.07) is 5.63. The van der Waals surface area contributed by atoms with Gasteiger partial charge in [0.05, 0.1) is 19.1 Å². The first-order valence-electron chi connectivity index (χ1n) is 8.62. The van der Waals surface area contributed by atoms with Gasteiger partial charge in [0.1, 0.15) is 11.4 Å². The van der Waals surface area contributed by atoms with Crippen molar-refractivity contribution in [3.05, 3.63) is 23.8 Å². The second-order valence-electron chi connectivity index (χ2n) is 7.52. The Morgan fingerprint density at radius 2 is 1.85 bits per heavy atom. The lowest BCUT2D eigenvalue weighted by molar-refractivity contribution is 0.0635. The summed E-state index contributed by atoms with van der Waals surface area (Å²) >= 11 is 0. The highest BCUT2D eigenvalue weighted by molar-refractivity contribution is 7.88. The van der Waals surface area contributed by atoms with E-state index in [0.29, 0.717) is 24.5 Å². The van der Waals surface area contributed by atoms with Crippen LogP contribution < -0.4 is 10.1 Å². The van der Waals surface area contributed by atoms with Crippen LogP contribution in [-0.2, 0) is 14.8 Å². The van der Waals surface area contributed by atoms with Gasteiger partial charge in [-0.05, 0) is 57.2 Å². The molecule has 1 saturated heterocycles. The molecule has 0 unspecified atom stereocenters. The van der Waals surface area contributed by atoms with E-state index in [2.05, 4.69) is 5.32 Å². The number of rotatable bonds is 4. The molecule has 1 heterocycles. The molecule has 1 fully saturated rings. The third-order valence-electron chi connectivity index (χ3n) is 4.26. The number of piperidine rings is 1. The standard InChI is InChI=1S/C18H28N2O5S/c1-18(2,3)25-17(21)19-15-7-6-14(12-16(15)24-4)13-8-10-20(11-9-13)26(5,22)23/h6-7,12-13H,8-11H2,1-5H3,(H,19,21). The average Bonchev–Trinajstić information content (AvgIpc) is 2.52. The molecule has 0 aliphatic carbocycles. The number of nitrogens with zero attached hydrogens (tertiary/aromatic N) is 1. The van der Waals surface area contributed by atoms with Crippen LogP contribution in [0.15, 0.2) is 18.2 Å². The van der Waals surface area contributed by atoms with Crippen molar-refractivity contribution in [3.63, 3.8) is 0 Å². The molecule has 146 valence electrons. The number of methoxy groups -OCH3 is 1. The first-order valence-corrected chi connectivity index (χ1v) is 10.5. The molecule has 8 heteroatoms. The van der Waals surface area contributed by atoms with Crippen molar-refractivity contribution < 1.29 is 22.7 Å². The molecule has 0 spiro atoms. The number of amides is 1. The Morgan fingerprint density at radius 1 is 1.23 bits per heavy atom. The summed E-state index contributed by atoms with van der Waals surface area (Å²) in [6.45, 7) is 6.44. The van der Waals surface area contributed by atoms with Crippen molar-refractivity contribution >= 4 is 21.8 Å². The van der Waals surface area contributed by atoms with Gasteiger partial charge < -0.3 is 9.47 Å². The number of anilines is 1. The van der Waals surface area contributed by atoms with Crippen LogP contribution in [0, 0.1) is 0 Å². The zero-order chi connectivity index (χ0) is 19.5. The number of benzene rings is 1. The Bertz CT molecular complexity index is 747. The topological polar surface area (TPSA) is 84.9 Å². The molecule has 0 aromatic heterocycles. The quantitative estimate of drug-likeness (QED) is 0.862. The van der Waals surface area contributed by atoms with Crippen LogP contribution in [0.1, 0.15) is 45.1 Å². The first-order chi connectivity index (χ1) is 12.0. The predicted molar refractivity (Wildman–Crippen MR) is 101 cm³/mol. The molecule has 1 aliphatic heterocycles. The summed E-state index contributed by atoms with van der Waals surface area (Å²) in [4.78, 5) is 12.0. The molecule has 1 aromatic carbocycles. The second kappa shape index (κ2) is 7.84. The summed E-state index contributed by atoms with van der Waals surface area (Å²) in [7, 11) is -1.59. The average molecular weight is 384 g/mol. The zero-order valence-electron chi connectivity index (χ0n) is 16.0.